The van der Waals surface area contributed by atoms with Gasteiger partial charge in [0, 0.05) is 22.6 Å². The van der Waals surface area contributed by atoms with Crippen LogP contribution in [0.4, 0.5) is 5.69 Å². The van der Waals surface area contributed by atoms with Gasteiger partial charge >= 0.3 is 0 Å². The second-order valence-corrected chi connectivity index (χ2v) is 9.56. The fourth-order valence-corrected chi connectivity index (χ4v) is 6.26. The van der Waals surface area contributed by atoms with Crippen molar-refractivity contribution in [1.29, 1.82) is 0 Å². The van der Waals surface area contributed by atoms with Crippen molar-refractivity contribution in [3.05, 3.63) is 69.9 Å². The summed E-state index contributed by atoms with van der Waals surface area (Å²) in [6, 6.07) is 14.3. The summed E-state index contributed by atoms with van der Waals surface area (Å²) in [6.45, 7) is 2.01. The number of nitrogens with one attached hydrogen (secondary N) is 1. The highest BCUT2D eigenvalue weighted by molar-refractivity contribution is 7.91. The van der Waals surface area contributed by atoms with Gasteiger partial charge in [-0.2, -0.15) is 0 Å². The molecule has 1 aliphatic rings. The number of thiophene rings is 1. The van der Waals surface area contributed by atoms with Crippen molar-refractivity contribution in [2.24, 2.45) is 0 Å². The smallest absolute Gasteiger partial charge is 0.225 e. The summed E-state index contributed by atoms with van der Waals surface area (Å²) in [4.78, 5) is 13.5. The highest BCUT2D eigenvalue weighted by Crippen LogP contribution is 2.45. The van der Waals surface area contributed by atoms with Crippen molar-refractivity contribution in [2.75, 3.05) is 12.4 Å². The minimum Gasteiger partial charge on any atom is -0.497 e. The van der Waals surface area contributed by atoms with E-state index in [0.29, 0.717) is 17.9 Å². The third-order valence-corrected chi connectivity index (χ3v) is 7.93. The Hall–Kier alpha value is -2.64. The second kappa shape index (κ2) is 7.07. The van der Waals surface area contributed by atoms with Gasteiger partial charge in [-0.1, -0.05) is 29.8 Å². The van der Waals surface area contributed by atoms with Gasteiger partial charge in [-0.3, -0.25) is 4.79 Å². The molecule has 5 nitrogen and oxygen atoms in total. The first kappa shape index (κ1) is 18.7. The van der Waals surface area contributed by atoms with Gasteiger partial charge in [0.25, 0.3) is 0 Å². The number of hydrogen-bond donors (Lipinski definition) is 1. The number of carbonyl (C=O) groups is 1. The average molecular weight is 414 g/mol. The maximum absolute atomic E-state index is 13.2. The SMILES string of the molecule is COc1ccc(S(=O)(=O)c2csc3c2NC(=O)C[C@@H]3c2ccc(C)cc2)cc1. The number of carbonyl (C=O) groups excluding carboxylic acids is 1. The van der Waals surface area contributed by atoms with Gasteiger partial charge in [0.1, 0.15) is 10.6 Å². The van der Waals surface area contributed by atoms with Crippen LogP contribution in [0.25, 0.3) is 0 Å². The molecule has 1 aromatic heterocycles. The molecule has 0 spiro atoms. The lowest BCUT2D eigenvalue weighted by Gasteiger charge is -2.24. The van der Waals surface area contributed by atoms with Crippen LogP contribution in [-0.4, -0.2) is 21.4 Å². The fraction of sp³-hybridized carbons (Fsp3) is 0.190. The Kier molecular flexibility index (Phi) is 4.72. The van der Waals surface area contributed by atoms with Gasteiger partial charge < -0.3 is 10.1 Å². The number of ether oxygens (including phenoxy) is 1. The molecule has 1 N–H and O–H groups in total. The molecule has 2 heterocycles. The number of methoxy groups -OCH3 is 1. The third kappa shape index (κ3) is 3.21. The molecule has 7 heteroatoms. The van der Waals surface area contributed by atoms with Crippen molar-refractivity contribution in [3.8, 4) is 5.75 Å². The van der Waals surface area contributed by atoms with Gasteiger partial charge in [-0.15, -0.1) is 11.3 Å². The first-order valence-electron chi connectivity index (χ1n) is 8.77. The van der Waals surface area contributed by atoms with Crippen LogP contribution in [0.2, 0.25) is 0 Å². The van der Waals surface area contributed by atoms with Crippen LogP contribution in [0, 0.1) is 6.92 Å². The molecule has 0 bridgehead atoms. The summed E-state index contributed by atoms with van der Waals surface area (Å²) < 4.78 is 31.4. The summed E-state index contributed by atoms with van der Waals surface area (Å²) in [5, 5.41) is 4.41. The summed E-state index contributed by atoms with van der Waals surface area (Å²) in [7, 11) is -2.23. The summed E-state index contributed by atoms with van der Waals surface area (Å²) >= 11 is 1.37. The monoisotopic (exact) mass is 413 g/mol. The van der Waals surface area contributed by atoms with Crippen molar-refractivity contribution in [1.82, 2.24) is 0 Å². The van der Waals surface area contributed by atoms with Gasteiger partial charge in [-0.25, -0.2) is 8.42 Å². The van der Waals surface area contributed by atoms with E-state index in [1.54, 1.807) is 17.5 Å². The molecular weight excluding hydrogens is 394 g/mol. The van der Waals surface area contributed by atoms with Crippen molar-refractivity contribution in [2.45, 2.75) is 29.1 Å². The number of anilines is 1. The number of benzene rings is 2. The normalized spacial score (nSPS) is 16.4. The highest BCUT2D eigenvalue weighted by Gasteiger charge is 2.34. The van der Waals surface area contributed by atoms with E-state index >= 15 is 0 Å². The quantitative estimate of drug-likeness (QED) is 0.689. The first-order chi connectivity index (χ1) is 13.4. The van der Waals surface area contributed by atoms with E-state index in [-0.39, 0.29) is 21.6 Å². The molecule has 3 aromatic rings. The van der Waals surface area contributed by atoms with E-state index in [2.05, 4.69) is 5.32 Å². The second-order valence-electron chi connectivity index (χ2n) is 6.73. The van der Waals surface area contributed by atoms with E-state index < -0.39 is 9.84 Å². The number of rotatable bonds is 4. The Morgan fingerprint density at radius 3 is 2.39 bits per heavy atom. The van der Waals surface area contributed by atoms with Crippen LogP contribution in [0.1, 0.15) is 28.3 Å². The Morgan fingerprint density at radius 1 is 1.07 bits per heavy atom. The van der Waals surface area contributed by atoms with E-state index in [1.807, 2.05) is 31.2 Å². The minimum absolute atomic E-state index is 0.142. The zero-order valence-corrected chi connectivity index (χ0v) is 17.1. The lowest BCUT2D eigenvalue weighted by Crippen LogP contribution is -2.23. The molecule has 0 unspecified atom stereocenters. The molecule has 1 aliphatic heterocycles. The van der Waals surface area contributed by atoms with E-state index in [1.165, 1.54) is 30.6 Å². The van der Waals surface area contributed by atoms with Crippen molar-refractivity contribution in [3.63, 3.8) is 0 Å². The molecular formula is C21H19NO4S2. The summed E-state index contributed by atoms with van der Waals surface area (Å²) in [5.74, 6) is 0.260. The van der Waals surface area contributed by atoms with Crippen LogP contribution in [0.15, 0.2) is 63.7 Å². The van der Waals surface area contributed by atoms with Crippen LogP contribution in [-0.2, 0) is 14.6 Å². The molecule has 0 radical (unpaired) electrons. The van der Waals surface area contributed by atoms with Crippen LogP contribution >= 0.6 is 11.3 Å². The maximum Gasteiger partial charge on any atom is 0.225 e. The largest absolute Gasteiger partial charge is 0.497 e. The van der Waals surface area contributed by atoms with Crippen LogP contribution in [0.5, 0.6) is 5.75 Å². The predicted octanol–water partition coefficient (Wildman–Crippen LogP) is 4.37. The summed E-state index contributed by atoms with van der Waals surface area (Å²) in [5.41, 5.74) is 2.55. The molecule has 1 amide bonds. The Morgan fingerprint density at radius 2 is 1.75 bits per heavy atom. The summed E-state index contributed by atoms with van der Waals surface area (Å²) in [6.07, 6.45) is 0.304. The zero-order valence-electron chi connectivity index (χ0n) is 15.4. The average Bonchev–Trinajstić information content (AvgIpc) is 3.12. The molecule has 1 atom stereocenters. The number of hydrogen-bond acceptors (Lipinski definition) is 5. The highest BCUT2D eigenvalue weighted by atomic mass is 32.2. The maximum atomic E-state index is 13.2. The Labute approximate surface area is 167 Å². The molecule has 0 saturated heterocycles. The first-order valence-corrected chi connectivity index (χ1v) is 11.1. The number of aryl methyl sites for hydroxylation is 1. The molecule has 0 fully saturated rings. The topological polar surface area (TPSA) is 72.5 Å². The molecule has 4 rings (SSSR count). The minimum atomic E-state index is -3.76. The molecule has 2 aromatic carbocycles. The Bertz CT molecular complexity index is 1130. The van der Waals surface area contributed by atoms with Gasteiger partial charge in [0.2, 0.25) is 15.7 Å². The van der Waals surface area contributed by atoms with Crippen molar-refractivity contribution >= 4 is 32.8 Å². The number of fused-ring (bicyclic) bond motifs is 1. The van der Waals surface area contributed by atoms with Gasteiger partial charge in [0.05, 0.1) is 17.7 Å². The van der Waals surface area contributed by atoms with Gasteiger partial charge in [-0.05, 0) is 36.8 Å². The fourth-order valence-electron chi connectivity index (χ4n) is 3.35. The van der Waals surface area contributed by atoms with E-state index in [0.717, 1.165) is 16.0 Å². The van der Waals surface area contributed by atoms with E-state index in [9.17, 15) is 13.2 Å². The van der Waals surface area contributed by atoms with Crippen LogP contribution < -0.4 is 10.1 Å². The molecule has 28 heavy (non-hydrogen) atoms. The lowest BCUT2D eigenvalue weighted by atomic mass is 9.90. The molecule has 144 valence electrons. The number of sulfone groups is 1. The Balaban J connectivity index is 1.79. The predicted molar refractivity (Wildman–Crippen MR) is 109 cm³/mol. The lowest BCUT2D eigenvalue weighted by molar-refractivity contribution is -0.116. The van der Waals surface area contributed by atoms with Crippen LogP contribution in [0.3, 0.4) is 0 Å². The van der Waals surface area contributed by atoms with E-state index in [4.69, 9.17) is 4.74 Å². The molecule has 0 aliphatic carbocycles. The zero-order chi connectivity index (χ0) is 19.9. The van der Waals surface area contributed by atoms with Gasteiger partial charge in [0.15, 0.2) is 0 Å². The number of amides is 1. The molecule has 0 saturated carbocycles. The van der Waals surface area contributed by atoms with Crippen molar-refractivity contribution < 1.29 is 17.9 Å². The third-order valence-electron chi connectivity index (χ3n) is 4.90. The standard InChI is InChI=1S/C21H19NO4S2/c1-13-3-5-14(6-4-13)17-11-19(23)22-20-18(12-27-21(17)20)28(24,25)16-9-7-15(26-2)8-10-16/h3-10,12,17H,11H2,1-2H3,(H,22,23)/t17-/m1/s1.